The Morgan fingerprint density at radius 3 is 2.59 bits per heavy atom. The summed E-state index contributed by atoms with van der Waals surface area (Å²) in [4.78, 5) is 8.64. The van der Waals surface area contributed by atoms with Gasteiger partial charge in [-0.1, -0.05) is 24.3 Å². The highest BCUT2D eigenvalue weighted by atomic mass is 127. The van der Waals surface area contributed by atoms with Gasteiger partial charge >= 0.3 is 0 Å². The number of aliphatic imine (C=N–C) groups is 1. The van der Waals surface area contributed by atoms with E-state index < -0.39 is 0 Å². The summed E-state index contributed by atoms with van der Waals surface area (Å²) in [5, 5.41) is 6.60. The van der Waals surface area contributed by atoms with Crippen molar-refractivity contribution in [2.75, 3.05) is 20.1 Å². The van der Waals surface area contributed by atoms with Gasteiger partial charge in [0.1, 0.15) is 5.82 Å². The van der Waals surface area contributed by atoms with Crippen molar-refractivity contribution >= 4 is 41.0 Å². The number of aromatic nitrogens is 2. The molecule has 0 aliphatic carbocycles. The number of para-hydroxylation sites is 2. The fraction of sp³-hybridized carbons (Fsp3) is 0.300. The molecule has 2 N–H and O–H groups in total. The van der Waals surface area contributed by atoms with Crippen LogP contribution in [0.3, 0.4) is 0 Å². The van der Waals surface area contributed by atoms with E-state index in [1.807, 2.05) is 36.7 Å². The molecule has 0 fully saturated rings. The normalized spacial score (nSPS) is 11.3. The molecule has 0 saturated carbocycles. The SMILES string of the molecule is CN=C(NCCCn1cnc2ccccc21)NCCc1ccc(F)cc1.I. The van der Waals surface area contributed by atoms with Crippen LogP contribution in [0.15, 0.2) is 59.9 Å². The Kier molecular flexibility index (Phi) is 8.50. The largest absolute Gasteiger partial charge is 0.356 e. The summed E-state index contributed by atoms with van der Waals surface area (Å²) in [7, 11) is 1.76. The Morgan fingerprint density at radius 1 is 1.07 bits per heavy atom. The molecule has 144 valence electrons. The number of aryl methyl sites for hydroxylation is 1. The Labute approximate surface area is 176 Å². The number of nitrogens with zero attached hydrogens (tertiary/aromatic N) is 3. The molecular formula is C20H25FIN5. The fourth-order valence-corrected chi connectivity index (χ4v) is 2.84. The van der Waals surface area contributed by atoms with Crippen LogP contribution in [0.1, 0.15) is 12.0 Å². The van der Waals surface area contributed by atoms with Gasteiger partial charge in [-0.15, -0.1) is 24.0 Å². The summed E-state index contributed by atoms with van der Waals surface area (Å²) in [6.45, 7) is 2.47. The molecule has 0 aliphatic heterocycles. The van der Waals surface area contributed by atoms with Crippen LogP contribution in [0, 0.1) is 5.82 Å². The third-order valence-corrected chi connectivity index (χ3v) is 4.24. The first-order chi connectivity index (χ1) is 12.8. The van der Waals surface area contributed by atoms with Gasteiger partial charge in [0.05, 0.1) is 17.4 Å². The van der Waals surface area contributed by atoms with Crippen LogP contribution < -0.4 is 10.6 Å². The molecule has 5 nitrogen and oxygen atoms in total. The molecule has 27 heavy (non-hydrogen) atoms. The quantitative estimate of drug-likeness (QED) is 0.235. The fourth-order valence-electron chi connectivity index (χ4n) is 2.84. The molecule has 0 saturated heterocycles. The van der Waals surface area contributed by atoms with Crippen LogP contribution in [0.4, 0.5) is 4.39 Å². The maximum atomic E-state index is 12.9. The highest BCUT2D eigenvalue weighted by Crippen LogP contribution is 2.11. The minimum absolute atomic E-state index is 0. The topological polar surface area (TPSA) is 54.2 Å². The summed E-state index contributed by atoms with van der Waals surface area (Å²) >= 11 is 0. The third kappa shape index (κ3) is 6.20. The zero-order chi connectivity index (χ0) is 18.2. The molecule has 0 aliphatic rings. The molecule has 3 aromatic rings. The van der Waals surface area contributed by atoms with Crippen LogP contribution in [0.5, 0.6) is 0 Å². The van der Waals surface area contributed by atoms with Gasteiger partial charge in [0.15, 0.2) is 5.96 Å². The molecule has 0 radical (unpaired) electrons. The number of benzene rings is 2. The second-order valence-corrected chi connectivity index (χ2v) is 6.08. The molecule has 7 heteroatoms. The summed E-state index contributed by atoms with van der Waals surface area (Å²) in [5.41, 5.74) is 3.29. The highest BCUT2D eigenvalue weighted by molar-refractivity contribution is 14.0. The highest BCUT2D eigenvalue weighted by Gasteiger charge is 2.02. The van der Waals surface area contributed by atoms with E-state index in [0.717, 1.165) is 55.0 Å². The summed E-state index contributed by atoms with van der Waals surface area (Å²) in [6, 6.07) is 14.7. The van der Waals surface area contributed by atoms with E-state index in [9.17, 15) is 4.39 Å². The second-order valence-electron chi connectivity index (χ2n) is 6.08. The zero-order valence-corrected chi connectivity index (χ0v) is 17.7. The molecule has 0 unspecified atom stereocenters. The number of guanidine groups is 1. The number of imidazole rings is 1. The van der Waals surface area contributed by atoms with Crippen LogP contribution in [-0.4, -0.2) is 35.6 Å². The molecule has 0 spiro atoms. The number of hydrogen-bond donors (Lipinski definition) is 2. The smallest absolute Gasteiger partial charge is 0.190 e. The van der Waals surface area contributed by atoms with Crippen LogP contribution in [0.2, 0.25) is 0 Å². The van der Waals surface area contributed by atoms with Crippen molar-refractivity contribution in [3.8, 4) is 0 Å². The zero-order valence-electron chi connectivity index (χ0n) is 15.4. The molecule has 0 atom stereocenters. The van der Waals surface area contributed by atoms with Gasteiger partial charge in [0.25, 0.3) is 0 Å². The van der Waals surface area contributed by atoms with E-state index in [4.69, 9.17) is 0 Å². The van der Waals surface area contributed by atoms with Crippen molar-refractivity contribution in [1.29, 1.82) is 0 Å². The Hall–Kier alpha value is -2.16. The average molecular weight is 481 g/mol. The van der Waals surface area contributed by atoms with Crippen molar-refractivity contribution in [3.05, 3.63) is 66.2 Å². The molecule has 0 amide bonds. The predicted molar refractivity (Wildman–Crippen MR) is 119 cm³/mol. The molecule has 0 bridgehead atoms. The molecule has 2 aromatic carbocycles. The van der Waals surface area contributed by atoms with E-state index in [0.29, 0.717) is 0 Å². The lowest BCUT2D eigenvalue weighted by atomic mass is 10.1. The van der Waals surface area contributed by atoms with Gasteiger partial charge in [0.2, 0.25) is 0 Å². The number of fused-ring (bicyclic) bond motifs is 1. The Morgan fingerprint density at radius 2 is 1.81 bits per heavy atom. The Balaban J connectivity index is 0.00000261. The van der Waals surface area contributed by atoms with Gasteiger partial charge in [-0.2, -0.15) is 0 Å². The number of nitrogens with one attached hydrogen (secondary N) is 2. The second kappa shape index (κ2) is 10.9. The lowest BCUT2D eigenvalue weighted by Crippen LogP contribution is -2.38. The molecular weight excluding hydrogens is 456 g/mol. The summed E-state index contributed by atoms with van der Waals surface area (Å²) < 4.78 is 15.1. The monoisotopic (exact) mass is 481 g/mol. The van der Waals surface area contributed by atoms with E-state index in [-0.39, 0.29) is 29.8 Å². The standard InChI is InChI=1S/C20H24FN5.HI/c1-22-20(24-13-11-16-7-9-17(21)10-8-16)23-12-4-14-26-15-25-18-5-2-3-6-19(18)26;/h2-3,5-10,15H,4,11-14H2,1H3,(H2,22,23,24);1H. The minimum atomic E-state index is -0.204. The summed E-state index contributed by atoms with van der Waals surface area (Å²) in [6.07, 6.45) is 3.68. The lowest BCUT2D eigenvalue weighted by molar-refractivity contribution is 0.626. The van der Waals surface area contributed by atoms with Crippen LogP contribution in [-0.2, 0) is 13.0 Å². The van der Waals surface area contributed by atoms with Gasteiger partial charge < -0.3 is 15.2 Å². The Bertz CT molecular complexity index is 860. The maximum absolute atomic E-state index is 12.9. The summed E-state index contributed by atoms with van der Waals surface area (Å²) in [5.74, 6) is 0.576. The number of rotatable bonds is 7. The van der Waals surface area contributed by atoms with Crippen molar-refractivity contribution in [2.45, 2.75) is 19.4 Å². The van der Waals surface area contributed by atoms with Crippen molar-refractivity contribution < 1.29 is 4.39 Å². The first kappa shape index (κ1) is 21.1. The maximum Gasteiger partial charge on any atom is 0.190 e. The molecule has 1 heterocycles. The number of halogens is 2. The van der Waals surface area contributed by atoms with E-state index in [1.165, 1.54) is 12.1 Å². The van der Waals surface area contributed by atoms with Crippen LogP contribution in [0.25, 0.3) is 11.0 Å². The minimum Gasteiger partial charge on any atom is -0.356 e. The third-order valence-electron chi connectivity index (χ3n) is 4.24. The van der Waals surface area contributed by atoms with Gasteiger partial charge in [-0.25, -0.2) is 9.37 Å². The molecule has 1 aromatic heterocycles. The molecule has 3 rings (SSSR count). The first-order valence-electron chi connectivity index (χ1n) is 8.85. The van der Waals surface area contributed by atoms with Crippen molar-refractivity contribution in [2.24, 2.45) is 4.99 Å². The van der Waals surface area contributed by atoms with Gasteiger partial charge in [-0.3, -0.25) is 4.99 Å². The van der Waals surface area contributed by atoms with Crippen molar-refractivity contribution in [3.63, 3.8) is 0 Å². The first-order valence-corrected chi connectivity index (χ1v) is 8.85. The van der Waals surface area contributed by atoms with Crippen molar-refractivity contribution in [1.82, 2.24) is 20.2 Å². The predicted octanol–water partition coefficient (Wildman–Crippen LogP) is 3.59. The van der Waals surface area contributed by atoms with E-state index in [2.05, 4.69) is 31.2 Å². The van der Waals surface area contributed by atoms with E-state index >= 15 is 0 Å². The van der Waals surface area contributed by atoms with Gasteiger partial charge in [0, 0.05) is 26.7 Å². The average Bonchev–Trinajstić information content (AvgIpc) is 3.08. The number of hydrogen-bond acceptors (Lipinski definition) is 2. The van der Waals surface area contributed by atoms with Crippen LogP contribution >= 0.6 is 24.0 Å². The lowest BCUT2D eigenvalue weighted by Gasteiger charge is -2.12. The van der Waals surface area contributed by atoms with E-state index in [1.54, 1.807) is 7.05 Å². The van der Waals surface area contributed by atoms with Gasteiger partial charge in [-0.05, 0) is 42.7 Å².